The molecule has 7 heteroatoms. The van der Waals surface area contributed by atoms with Crippen molar-refractivity contribution >= 4 is 23.5 Å². The van der Waals surface area contributed by atoms with Crippen LogP contribution < -0.4 is 5.32 Å². The molecule has 2 aromatic rings. The summed E-state index contributed by atoms with van der Waals surface area (Å²) in [5, 5.41) is 13.0. The summed E-state index contributed by atoms with van der Waals surface area (Å²) in [5.41, 5.74) is 3.00. The molecule has 0 bridgehead atoms. The van der Waals surface area contributed by atoms with E-state index in [2.05, 4.69) is 10.3 Å². The molecule has 1 amide bonds. The number of rotatable bonds is 6. The average molecular weight is 365 g/mol. The SMILES string of the molecule is Cc1[nH]c(C(=O)OCC(=O)NCc2ccccc2Cl)c(C)c1[C@@H](C)O. The standard InChI is InChI=1S/C18H21ClN2O4/c1-10-16(12(3)22)11(2)21-17(10)18(24)25-9-15(23)20-8-13-6-4-5-7-14(13)19/h4-7,12,21-22H,8-9H2,1-3H3,(H,20,23)/t12-/m1/s1. The van der Waals surface area contributed by atoms with E-state index in [1.165, 1.54) is 0 Å². The van der Waals surface area contributed by atoms with Crippen LogP contribution in [0.3, 0.4) is 0 Å². The first-order chi connectivity index (χ1) is 11.8. The first kappa shape index (κ1) is 19.0. The summed E-state index contributed by atoms with van der Waals surface area (Å²) >= 11 is 6.01. The summed E-state index contributed by atoms with van der Waals surface area (Å²) in [4.78, 5) is 26.9. The van der Waals surface area contributed by atoms with Gasteiger partial charge in [0.1, 0.15) is 5.69 Å². The molecule has 3 N–H and O–H groups in total. The molecule has 2 rings (SSSR count). The Labute approximate surface area is 151 Å². The summed E-state index contributed by atoms with van der Waals surface area (Å²) in [6, 6.07) is 7.16. The van der Waals surface area contributed by atoms with E-state index in [1.54, 1.807) is 39.0 Å². The second kappa shape index (κ2) is 8.18. The zero-order valence-electron chi connectivity index (χ0n) is 14.4. The highest BCUT2D eigenvalue weighted by Gasteiger charge is 2.21. The van der Waals surface area contributed by atoms with E-state index in [0.717, 1.165) is 5.56 Å². The molecule has 0 aliphatic carbocycles. The minimum atomic E-state index is -0.697. The van der Waals surface area contributed by atoms with Crippen molar-refractivity contribution in [2.45, 2.75) is 33.4 Å². The fourth-order valence-corrected chi connectivity index (χ4v) is 2.89. The van der Waals surface area contributed by atoms with Crippen LogP contribution in [0.4, 0.5) is 0 Å². The number of aromatic nitrogens is 1. The second-order valence-electron chi connectivity index (χ2n) is 5.78. The van der Waals surface area contributed by atoms with Crippen LogP contribution in [-0.4, -0.2) is 28.6 Å². The molecule has 1 aromatic heterocycles. The van der Waals surface area contributed by atoms with Gasteiger partial charge in [0.05, 0.1) is 6.10 Å². The van der Waals surface area contributed by atoms with Crippen LogP contribution in [0.15, 0.2) is 24.3 Å². The van der Waals surface area contributed by atoms with E-state index in [4.69, 9.17) is 16.3 Å². The number of aliphatic hydroxyl groups excluding tert-OH is 1. The average Bonchev–Trinajstić information content (AvgIpc) is 2.86. The Hall–Kier alpha value is -2.31. The second-order valence-corrected chi connectivity index (χ2v) is 6.19. The van der Waals surface area contributed by atoms with Gasteiger partial charge in [0.15, 0.2) is 6.61 Å². The first-order valence-corrected chi connectivity index (χ1v) is 8.23. The number of hydrogen-bond donors (Lipinski definition) is 3. The monoisotopic (exact) mass is 364 g/mol. The lowest BCUT2D eigenvalue weighted by Crippen LogP contribution is -2.28. The lowest BCUT2D eigenvalue weighted by molar-refractivity contribution is -0.124. The van der Waals surface area contributed by atoms with Crippen LogP contribution in [0.25, 0.3) is 0 Å². The summed E-state index contributed by atoms with van der Waals surface area (Å²) in [7, 11) is 0. The van der Waals surface area contributed by atoms with Crippen LogP contribution in [-0.2, 0) is 16.1 Å². The number of halogens is 1. The molecule has 1 heterocycles. The molecule has 134 valence electrons. The van der Waals surface area contributed by atoms with Crippen molar-refractivity contribution in [3.05, 3.63) is 57.4 Å². The summed E-state index contributed by atoms with van der Waals surface area (Å²) in [6.45, 7) is 4.97. The zero-order chi connectivity index (χ0) is 18.6. The van der Waals surface area contributed by atoms with Gasteiger partial charge in [-0.15, -0.1) is 0 Å². The molecule has 0 saturated carbocycles. The Morgan fingerprint density at radius 3 is 2.60 bits per heavy atom. The van der Waals surface area contributed by atoms with Gasteiger partial charge in [-0.1, -0.05) is 29.8 Å². The predicted octanol–water partition coefficient (Wildman–Crippen LogP) is 2.81. The molecule has 25 heavy (non-hydrogen) atoms. The molecular formula is C18H21ClN2O4. The number of ether oxygens (including phenoxy) is 1. The van der Waals surface area contributed by atoms with Crippen LogP contribution in [0.2, 0.25) is 5.02 Å². The van der Waals surface area contributed by atoms with Crippen LogP contribution in [0, 0.1) is 13.8 Å². The van der Waals surface area contributed by atoms with Gasteiger partial charge < -0.3 is 20.1 Å². The quantitative estimate of drug-likeness (QED) is 0.687. The number of aliphatic hydroxyl groups is 1. The lowest BCUT2D eigenvalue weighted by Gasteiger charge is -2.08. The van der Waals surface area contributed by atoms with E-state index in [-0.39, 0.29) is 12.2 Å². The number of nitrogens with one attached hydrogen (secondary N) is 2. The van der Waals surface area contributed by atoms with Crippen LogP contribution in [0.5, 0.6) is 0 Å². The molecule has 0 aliphatic heterocycles. The highest BCUT2D eigenvalue weighted by molar-refractivity contribution is 6.31. The van der Waals surface area contributed by atoms with Crippen molar-refractivity contribution < 1.29 is 19.4 Å². The summed E-state index contributed by atoms with van der Waals surface area (Å²) in [5.74, 6) is -1.06. The third-order valence-electron chi connectivity index (χ3n) is 3.89. The topological polar surface area (TPSA) is 91.4 Å². The van der Waals surface area contributed by atoms with E-state index in [0.29, 0.717) is 21.8 Å². The number of benzene rings is 1. The Morgan fingerprint density at radius 2 is 2.00 bits per heavy atom. The number of carbonyl (C=O) groups is 2. The Bertz CT molecular complexity index is 783. The highest BCUT2D eigenvalue weighted by atomic mass is 35.5. The Balaban J connectivity index is 1.91. The van der Waals surface area contributed by atoms with Crippen molar-refractivity contribution in [3.8, 4) is 0 Å². The lowest BCUT2D eigenvalue weighted by atomic mass is 10.1. The minimum absolute atomic E-state index is 0.243. The van der Waals surface area contributed by atoms with E-state index in [9.17, 15) is 14.7 Å². The molecule has 0 fully saturated rings. The number of carbonyl (C=O) groups excluding carboxylic acids is 2. The van der Waals surface area contributed by atoms with Gasteiger partial charge in [0, 0.05) is 22.8 Å². The minimum Gasteiger partial charge on any atom is -0.451 e. The van der Waals surface area contributed by atoms with Gasteiger partial charge in [-0.2, -0.15) is 0 Å². The molecule has 1 aromatic carbocycles. The van der Waals surface area contributed by atoms with E-state index >= 15 is 0 Å². The maximum Gasteiger partial charge on any atom is 0.355 e. The van der Waals surface area contributed by atoms with Gasteiger partial charge in [-0.05, 0) is 38.0 Å². The fraction of sp³-hybridized carbons (Fsp3) is 0.333. The molecule has 0 saturated heterocycles. The zero-order valence-corrected chi connectivity index (χ0v) is 15.1. The summed E-state index contributed by atoms with van der Waals surface area (Å²) < 4.78 is 5.04. The Kier molecular flexibility index (Phi) is 6.22. The molecule has 0 unspecified atom stereocenters. The number of H-pyrrole nitrogens is 1. The third-order valence-corrected chi connectivity index (χ3v) is 4.25. The third kappa shape index (κ3) is 4.61. The van der Waals surface area contributed by atoms with Crippen LogP contribution >= 0.6 is 11.6 Å². The molecule has 0 radical (unpaired) electrons. The predicted molar refractivity (Wildman–Crippen MR) is 94.5 cm³/mol. The number of amides is 1. The maximum absolute atomic E-state index is 12.2. The molecule has 1 atom stereocenters. The van der Waals surface area contributed by atoms with Gasteiger partial charge in [-0.3, -0.25) is 4.79 Å². The normalized spacial score (nSPS) is 11.9. The number of aromatic amines is 1. The van der Waals surface area contributed by atoms with Crippen molar-refractivity contribution in [1.82, 2.24) is 10.3 Å². The van der Waals surface area contributed by atoms with E-state index in [1.807, 2.05) is 6.07 Å². The maximum atomic E-state index is 12.2. The number of esters is 1. The van der Waals surface area contributed by atoms with E-state index < -0.39 is 24.6 Å². The van der Waals surface area contributed by atoms with Gasteiger partial charge in [0.2, 0.25) is 0 Å². The van der Waals surface area contributed by atoms with Gasteiger partial charge in [-0.25, -0.2) is 4.79 Å². The molecular weight excluding hydrogens is 344 g/mol. The summed E-state index contributed by atoms with van der Waals surface area (Å²) in [6.07, 6.45) is -0.697. The number of hydrogen-bond acceptors (Lipinski definition) is 4. The van der Waals surface area contributed by atoms with Crippen LogP contribution in [0.1, 0.15) is 45.9 Å². The molecule has 6 nitrogen and oxygen atoms in total. The van der Waals surface area contributed by atoms with Gasteiger partial charge in [0.25, 0.3) is 5.91 Å². The Morgan fingerprint density at radius 1 is 1.32 bits per heavy atom. The fourth-order valence-electron chi connectivity index (χ4n) is 2.69. The van der Waals surface area contributed by atoms with Crippen molar-refractivity contribution in [2.75, 3.05) is 6.61 Å². The smallest absolute Gasteiger partial charge is 0.355 e. The highest BCUT2D eigenvalue weighted by Crippen LogP contribution is 2.24. The van der Waals surface area contributed by atoms with Crippen molar-refractivity contribution in [3.63, 3.8) is 0 Å². The molecule has 0 aliphatic rings. The first-order valence-electron chi connectivity index (χ1n) is 7.85. The molecule has 0 spiro atoms. The largest absolute Gasteiger partial charge is 0.451 e. The van der Waals surface area contributed by atoms with Crippen molar-refractivity contribution in [2.24, 2.45) is 0 Å². The number of aryl methyl sites for hydroxylation is 1. The van der Waals surface area contributed by atoms with Crippen molar-refractivity contribution in [1.29, 1.82) is 0 Å². The van der Waals surface area contributed by atoms with Gasteiger partial charge >= 0.3 is 5.97 Å².